The molecule has 230 valence electrons. The second kappa shape index (κ2) is 14.7. The third kappa shape index (κ3) is 8.57. The summed E-state index contributed by atoms with van der Waals surface area (Å²) in [5.41, 5.74) is 3.79. The molecule has 0 aliphatic carbocycles. The van der Waals surface area contributed by atoms with Crippen LogP contribution in [0.15, 0.2) is 112 Å². The lowest BCUT2D eigenvalue weighted by molar-refractivity contribution is -0.140. The Morgan fingerprint density at radius 1 is 0.795 bits per heavy atom. The van der Waals surface area contributed by atoms with Gasteiger partial charge in [-0.2, -0.15) is 0 Å². The minimum atomic E-state index is -4.14. The van der Waals surface area contributed by atoms with Gasteiger partial charge in [-0.25, -0.2) is 8.42 Å². The third-order valence-corrected chi connectivity index (χ3v) is 9.33. The Kier molecular flexibility index (Phi) is 11.0. The van der Waals surface area contributed by atoms with Crippen molar-refractivity contribution in [3.05, 3.63) is 130 Å². The van der Waals surface area contributed by atoms with E-state index < -0.39 is 28.5 Å². The predicted octanol–water partition coefficient (Wildman–Crippen LogP) is 6.43. The van der Waals surface area contributed by atoms with Gasteiger partial charge in [-0.3, -0.25) is 13.9 Å². The molecule has 0 aliphatic heterocycles. The molecule has 0 heterocycles. The number of nitrogens with one attached hydrogen (secondary N) is 1. The van der Waals surface area contributed by atoms with Gasteiger partial charge in [0.2, 0.25) is 11.8 Å². The second-order valence-corrected chi connectivity index (χ2v) is 14.0. The molecule has 1 atom stereocenters. The van der Waals surface area contributed by atoms with Crippen LogP contribution in [0.4, 0.5) is 5.69 Å². The summed E-state index contributed by atoms with van der Waals surface area (Å²) in [5.74, 6) is -0.806. The van der Waals surface area contributed by atoms with Crippen molar-refractivity contribution in [3.8, 4) is 0 Å². The van der Waals surface area contributed by atoms with E-state index >= 15 is 0 Å². The van der Waals surface area contributed by atoms with Crippen molar-refractivity contribution in [2.45, 2.75) is 57.6 Å². The molecule has 0 fully saturated rings. The van der Waals surface area contributed by atoms with Crippen molar-refractivity contribution in [3.63, 3.8) is 0 Å². The normalized spacial score (nSPS) is 12.0. The SMILES string of the molecule is Cc1cc(C)cc(N(CC(=O)N(Cc2cccc(Br)c2)[C@@H](Cc2ccccc2)C(=O)NC(C)C)S(=O)(=O)c2ccccc2)c1. The molecule has 0 saturated heterocycles. The van der Waals surface area contributed by atoms with Gasteiger partial charge in [0.25, 0.3) is 10.0 Å². The molecule has 0 radical (unpaired) electrons. The number of sulfonamides is 1. The number of hydrogen-bond donors (Lipinski definition) is 1. The first-order chi connectivity index (χ1) is 20.9. The maximum absolute atomic E-state index is 14.5. The van der Waals surface area contributed by atoms with Crippen LogP contribution in [0.2, 0.25) is 0 Å². The van der Waals surface area contributed by atoms with Gasteiger partial charge in [-0.15, -0.1) is 0 Å². The Morgan fingerprint density at radius 3 is 1.98 bits per heavy atom. The van der Waals surface area contributed by atoms with E-state index in [1.807, 2.05) is 88.4 Å². The van der Waals surface area contributed by atoms with Gasteiger partial charge in [0.15, 0.2) is 0 Å². The number of anilines is 1. The Labute approximate surface area is 269 Å². The highest BCUT2D eigenvalue weighted by Crippen LogP contribution is 2.27. The number of aryl methyl sites for hydroxylation is 2. The fourth-order valence-corrected chi connectivity index (χ4v) is 6.98. The molecular weight excluding hydrogens is 638 g/mol. The summed E-state index contributed by atoms with van der Waals surface area (Å²) in [4.78, 5) is 29.9. The standard InChI is InChI=1S/C35H38BrN3O4S/c1-25(2)37-35(41)33(22-28-12-7-5-8-13-28)38(23-29-14-11-15-30(36)21-29)34(40)24-39(31-19-26(3)18-27(4)20-31)44(42,43)32-16-9-6-10-17-32/h5-21,25,33H,22-24H2,1-4H3,(H,37,41)/t33-/m0/s1. The first-order valence-corrected chi connectivity index (χ1v) is 16.7. The molecule has 0 saturated carbocycles. The highest BCUT2D eigenvalue weighted by Gasteiger charge is 2.35. The number of nitrogens with zero attached hydrogens (tertiary/aromatic N) is 2. The molecule has 44 heavy (non-hydrogen) atoms. The van der Waals surface area contributed by atoms with Gasteiger partial charge in [0, 0.05) is 23.5 Å². The Morgan fingerprint density at radius 2 is 1.39 bits per heavy atom. The molecule has 1 N–H and O–H groups in total. The van der Waals surface area contributed by atoms with Crippen LogP contribution >= 0.6 is 15.9 Å². The molecule has 4 aromatic carbocycles. The van der Waals surface area contributed by atoms with E-state index in [4.69, 9.17) is 0 Å². The van der Waals surface area contributed by atoms with E-state index in [0.29, 0.717) is 5.69 Å². The lowest BCUT2D eigenvalue weighted by atomic mass is 10.0. The van der Waals surface area contributed by atoms with Gasteiger partial charge in [0.05, 0.1) is 10.6 Å². The molecule has 7 nitrogen and oxygen atoms in total. The Balaban J connectivity index is 1.82. The Hall–Kier alpha value is -3.95. The van der Waals surface area contributed by atoms with Crippen molar-refractivity contribution in [1.29, 1.82) is 0 Å². The van der Waals surface area contributed by atoms with Crippen LogP contribution in [0, 0.1) is 13.8 Å². The van der Waals surface area contributed by atoms with E-state index in [1.54, 1.807) is 30.3 Å². The average molecular weight is 677 g/mol. The molecule has 9 heteroatoms. The van der Waals surface area contributed by atoms with Crippen LogP contribution in [-0.4, -0.2) is 43.8 Å². The second-order valence-electron chi connectivity index (χ2n) is 11.2. The molecule has 4 aromatic rings. The average Bonchev–Trinajstić information content (AvgIpc) is 2.97. The minimum absolute atomic E-state index is 0.0730. The minimum Gasteiger partial charge on any atom is -0.352 e. The quantitative estimate of drug-likeness (QED) is 0.188. The van der Waals surface area contributed by atoms with Crippen LogP contribution in [0.5, 0.6) is 0 Å². The van der Waals surface area contributed by atoms with Crippen molar-refractivity contribution >= 4 is 43.5 Å². The van der Waals surface area contributed by atoms with Crippen LogP contribution < -0.4 is 9.62 Å². The number of rotatable bonds is 12. The zero-order valence-corrected chi connectivity index (χ0v) is 27.8. The van der Waals surface area contributed by atoms with Gasteiger partial charge < -0.3 is 10.2 Å². The zero-order valence-electron chi connectivity index (χ0n) is 25.4. The van der Waals surface area contributed by atoms with Crippen molar-refractivity contribution < 1.29 is 18.0 Å². The molecule has 2 amide bonds. The van der Waals surface area contributed by atoms with E-state index in [2.05, 4.69) is 21.2 Å². The first kappa shape index (κ1) is 33.0. The molecule has 0 aromatic heterocycles. The van der Waals surface area contributed by atoms with Gasteiger partial charge in [0.1, 0.15) is 12.6 Å². The zero-order chi connectivity index (χ0) is 31.9. The summed E-state index contributed by atoms with van der Waals surface area (Å²) < 4.78 is 30.2. The molecule has 0 spiro atoms. The summed E-state index contributed by atoms with van der Waals surface area (Å²) in [7, 11) is -4.14. The number of benzene rings is 4. The van der Waals surface area contributed by atoms with Crippen molar-refractivity contribution in [2.24, 2.45) is 0 Å². The fraction of sp³-hybridized carbons (Fsp3) is 0.257. The number of hydrogen-bond acceptors (Lipinski definition) is 4. The van der Waals surface area contributed by atoms with Crippen LogP contribution in [0.1, 0.15) is 36.1 Å². The predicted molar refractivity (Wildman–Crippen MR) is 179 cm³/mol. The maximum Gasteiger partial charge on any atom is 0.264 e. The lowest BCUT2D eigenvalue weighted by Crippen LogP contribution is -2.54. The molecular formula is C35H38BrN3O4S. The first-order valence-electron chi connectivity index (χ1n) is 14.5. The highest BCUT2D eigenvalue weighted by atomic mass is 79.9. The van der Waals surface area contributed by atoms with Gasteiger partial charge in [-0.05, 0) is 86.3 Å². The molecule has 0 bridgehead atoms. The number of carbonyl (C=O) groups excluding carboxylic acids is 2. The third-order valence-electron chi connectivity index (χ3n) is 7.05. The largest absolute Gasteiger partial charge is 0.352 e. The number of carbonyl (C=O) groups is 2. The fourth-order valence-electron chi connectivity index (χ4n) is 5.11. The summed E-state index contributed by atoms with van der Waals surface area (Å²) in [6.45, 7) is 7.12. The van der Waals surface area contributed by atoms with Crippen molar-refractivity contribution in [2.75, 3.05) is 10.8 Å². The van der Waals surface area contributed by atoms with Crippen molar-refractivity contribution in [1.82, 2.24) is 10.2 Å². The topological polar surface area (TPSA) is 86.8 Å². The monoisotopic (exact) mass is 675 g/mol. The maximum atomic E-state index is 14.5. The molecule has 0 unspecified atom stereocenters. The van der Waals surface area contributed by atoms with Gasteiger partial charge in [-0.1, -0.05) is 82.7 Å². The van der Waals surface area contributed by atoms with E-state index in [9.17, 15) is 18.0 Å². The smallest absolute Gasteiger partial charge is 0.264 e. The molecule has 4 rings (SSSR count). The summed E-state index contributed by atoms with van der Waals surface area (Å²) >= 11 is 3.51. The summed E-state index contributed by atoms with van der Waals surface area (Å²) in [5, 5.41) is 2.98. The number of halogens is 1. The highest BCUT2D eigenvalue weighted by molar-refractivity contribution is 9.10. The van der Waals surface area contributed by atoms with Crippen LogP contribution in [0.3, 0.4) is 0 Å². The molecule has 0 aliphatic rings. The van der Waals surface area contributed by atoms with E-state index in [-0.39, 0.29) is 29.8 Å². The summed E-state index contributed by atoms with van der Waals surface area (Å²) in [6, 6.07) is 29.5. The lowest BCUT2D eigenvalue weighted by Gasteiger charge is -2.34. The summed E-state index contributed by atoms with van der Waals surface area (Å²) in [6.07, 6.45) is 0.258. The number of amides is 2. The Bertz CT molecular complexity index is 1680. The van der Waals surface area contributed by atoms with E-state index in [0.717, 1.165) is 31.0 Å². The van der Waals surface area contributed by atoms with Gasteiger partial charge >= 0.3 is 0 Å². The van der Waals surface area contributed by atoms with Crippen LogP contribution in [-0.2, 0) is 32.6 Å². The van der Waals surface area contributed by atoms with E-state index in [1.165, 1.54) is 17.0 Å². The van der Waals surface area contributed by atoms with Crippen LogP contribution in [0.25, 0.3) is 0 Å².